The van der Waals surface area contributed by atoms with Crippen LogP contribution in [0.4, 0.5) is 4.79 Å². The highest BCUT2D eigenvalue weighted by molar-refractivity contribution is 5.87. The van der Waals surface area contributed by atoms with Crippen LogP contribution in [0.2, 0.25) is 0 Å². The fraction of sp³-hybridized carbons (Fsp3) is 0.846. The van der Waals surface area contributed by atoms with Crippen molar-refractivity contribution >= 4 is 12.0 Å². The second-order valence-electron chi connectivity index (χ2n) is 5.00. The van der Waals surface area contributed by atoms with Crippen LogP contribution in [0.25, 0.3) is 0 Å². The molecule has 0 unspecified atom stereocenters. The van der Waals surface area contributed by atoms with Gasteiger partial charge in [0.05, 0.1) is 0 Å². The van der Waals surface area contributed by atoms with E-state index in [-0.39, 0.29) is 6.03 Å². The number of carboxylic acids is 1. The van der Waals surface area contributed by atoms with Crippen LogP contribution in [0.1, 0.15) is 39.5 Å². The van der Waals surface area contributed by atoms with Gasteiger partial charge in [-0.25, -0.2) is 9.59 Å². The Morgan fingerprint density at radius 3 is 2.32 bits per heavy atom. The molecule has 0 radical (unpaired) electrons. The van der Waals surface area contributed by atoms with Gasteiger partial charge in [-0.3, -0.25) is 0 Å². The molecule has 1 fully saturated rings. The zero-order valence-corrected chi connectivity index (χ0v) is 11.9. The Balaban J connectivity index is 2.19. The summed E-state index contributed by atoms with van der Waals surface area (Å²) in [5.74, 6) is -0.933. The van der Waals surface area contributed by atoms with Crippen LogP contribution in [0.5, 0.6) is 0 Å². The van der Waals surface area contributed by atoms with E-state index in [1.54, 1.807) is 0 Å². The molecule has 3 N–H and O–H groups in total. The van der Waals surface area contributed by atoms with E-state index in [1.165, 1.54) is 0 Å². The Kier molecular flexibility index (Phi) is 6.08. The molecule has 110 valence electrons. The second kappa shape index (κ2) is 7.33. The van der Waals surface area contributed by atoms with Gasteiger partial charge in [0, 0.05) is 6.54 Å². The van der Waals surface area contributed by atoms with E-state index in [4.69, 9.17) is 5.11 Å². The van der Waals surface area contributed by atoms with Crippen LogP contribution in [0.3, 0.4) is 0 Å². The Morgan fingerprint density at radius 2 is 1.89 bits per heavy atom. The van der Waals surface area contributed by atoms with Crippen LogP contribution in [0.15, 0.2) is 0 Å². The molecule has 2 amide bonds. The number of amides is 2. The Hall–Kier alpha value is -1.30. The standard InChI is InChI=1S/C13H25N3O3/c1-3-16(4-2)10-6-9-14-12(19)15-13(11(17)18)7-5-8-13/h3-10H2,1-2H3,(H,17,18)(H2,14,15,19). The molecule has 1 aliphatic carbocycles. The lowest BCUT2D eigenvalue weighted by Gasteiger charge is -2.38. The lowest BCUT2D eigenvalue weighted by atomic mass is 9.77. The maximum Gasteiger partial charge on any atom is 0.329 e. The number of nitrogens with zero attached hydrogens (tertiary/aromatic N) is 1. The fourth-order valence-electron chi connectivity index (χ4n) is 2.23. The summed E-state index contributed by atoms with van der Waals surface area (Å²) in [6.45, 7) is 7.73. The van der Waals surface area contributed by atoms with Gasteiger partial charge in [0.15, 0.2) is 0 Å². The molecule has 6 nitrogen and oxygen atoms in total. The van der Waals surface area contributed by atoms with Gasteiger partial charge >= 0.3 is 12.0 Å². The first-order valence-corrected chi connectivity index (χ1v) is 7.06. The minimum absolute atomic E-state index is 0.373. The van der Waals surface area contributed by atoms with Crippen molar-refractivity contribution in [2.24, 2.45) is 0 Å². The number of urea groups is 1. The van der Waals surface area contributed by atoms with Crippen molar-refractivity contribution in [2.75, 3.05) is 26.2 Å². The predicted octanol–water partition coefficient (Wildman–Crippen LogP) is 1.02. The van der Waals surface area contributed by atoms with Crippen LogP contribution in [0, 0.1) is 0 Å². The van der Waals surface area contributed by atoms with Crippen molar-refractivity contribution in [1.82, 2.24) is 15.5 Å². The highest BCUT2D eigenvalue weighted by Crippen LogP contribution is 2.31. The van der Waals surface area contributed by atoms with Gasteiger partial charge < -0.3 is 20.6 Å². The van der Waals surface area contributed by atoms with Crippen LogP contribution < -0.4 is 10.6 Å². The monoisotopic (exact) mass is 271 g/mol. The lowest BCUT2D eigenvalue weighted by Crippen LogP contribution is -2.61. The fourth-order valence-corrected chi connectivity index (χ4v) is 2.23. The summed E-state index contributed by atoms with van der Waals surface area (Å²) in [5, 5.41) is 14.4. The van der Waals surface area contributed by atoms with E-state index in [2.05, 4.69) is 29.4 Å². The minimum atomic E-state index is -1.02. The van der Waals surface area contributed by atoms with Crippen LogP contribution in [-0.4, -0.2) is 53.7 Å². The smallest absolute Gasteiger partial charge is 0.329 e. The highest BCUT2D eigenvalue weighted by Gasteiger charge is 2.45. The van der Waals surface area contributed by atoms with Gasteiger partial charge in [-0.1, -0.05) is 13.8 Å². The van der Waals surface area contributed by atoms with E-state index in [0.29, 0.717) is 19.4 Å². The second-order valence-corrected chi connectivity index (χ2v) is 5.00. The van der Waals surface area contributed by atoms with E-state index < -0.39 is 11.5 Å². The Morgan fingerprint density at radius 1 is 1.26 bits per heavy atom. The van der Waals surface area contributed by atoms with Crippen LogP contribution >= 0.6 is 0 Å². The first-order chi connectivity index (χ1) is 9.04. The third-order valence-corrected chi connectivity index (χ3v) is 3.80. The van der Waals surface area contributed by atoms with E-state index in [1.807, 2.05) is 0 Å². The normalized spacial score (nSPS) is 16.8. The van der Waals surface area contributed by atoms with Crippen molar-refractivity contribution in [1.29, 1.82) is 0 Å². The quantitative estimate of drug-likeness (QED) is 0.576. The third-order valence-electron chi connectivity index (χ3n) is 3.80. The number of carboxylic acid groups (broad SMARTS) is 1. The summed E-state index contributed by atoms with van der Waals surface area (Å²) < 4.78 is 0. The van der Waals surface area contributed by atoms with Gasteiger partial charge in [0.1, 0.15) is 5.54 Å². The van der Waals surface area contributed by atoms with Crippen molar-refractivity contribution < 1.29 is 14.7 Å². The van der Waals surface area contributed by atoms with Crippen molar-refractivity contribution in [3.05, 3.63) is 0 Å². The maximum absolute atomic E-state index is 11.6. The summed E-state index contributed by atoms with van der Waals surface area (Å²) in [5.41, 5.74) is -1.02. The van der Waals surface area contributed by atoms with Crippen molar-refractivity contribution in [3.63, 3.8) is 0 Å². The first kappa shape index (κ1) is 15.8. The number of aliphatic carboxylic acids is 1. The molecule has 0 bridgehead atoms. The van der Waals surface area contributed by atoms with E-state index in [0.717, 1.165) is 32.5 Å². The van der Waals surface area contributed by atoms with E-state index in [9.17, 15) is 9.59 Å². The molecule has 1 aliphatic rings. The molecule has 1 saturated carbocycles. The molecule has 1 rings (SSSR count). The number of hydrogen-bond donors (Lipinski definition) is 3. The SMILES string of the molecule is CCN(CC)CCCNC(=O)NC1(C(=O)O)CCC1. The minimum Gasteiger partial charge on any atom is -0.480 e. The van der Waals surface area contributed by atoms with Crippen LogP contribution in [-0.2, 0) is 4.79 Å². The Labute approximate surface area is 114 Å². The van der Waals surface area contributed by atoms with Crippen molar-refractivity contribution in [3.8, 4) is 0 Å². The Bertz CT molecular complexity index is 312. The number of hydrogen-bond acceptors (Lipinski definition) is 3. The average Bonchev–Trinajstić information content (AvgIpc) is 2.33. The number of carbonyl (C=O) groups is 2. The van der Waals surface area contributed by atoms with Gasteiger partial charge in [0.2, 0.25) is 0 Å². The molecule has 0 saturated heterocycles. The first-order valence-electron chi connectivity index (χ1n) is 7.06. The molecule has 6 heteroatoms. The zero-order chi connectivity index (χ0) is 14.3. The zero-order valence-electron chi connectivity index (χ0n) is 11.9. The third kappa shape index (κ3) is 4.38. The summed E-state index contributed by atoms with van der Waals surface area (Å²) in [4.78, 5) is 25.0. The number of nitrogens with one attached hydrogen (secondary N) is 2. The molecule has 0 heterocycles. The summed E-state index contributed by atoms with van der Waals surface area (Å²) in [6.07, 6.45) is 2.77. The molecule has 0 aromatic heterocycles. The number of carbonyl (C=O) groups excluding carboxylic acids is 1. The summed E-state index contributed by atoms with van der Waals surface area (Å²) in [6, 6.07) is -0.373. The maximum atomic E-state index is 11.6. The molecular weight excluding hydrogens is 246 g/mol. The van der Waals surface area contributed by atoms with Gasteiger partial charge in [-0.2, -0.15) is 0 Å². The molecule has 0 aliphatic heterocycles. The largest absolute Gasteiger partial charge is 0.480 e. The van der Waals surface area contributed by atoms with Gasteiger partial charge in [-0.05, 0) is 45.3 Å². The molecule has 0 aromatic carbocycles. The average molecular weight is 271 g/mol. The topological polar surface area (TPSA) is 81.7 Å². The highest BCUT2D eigenvalue weighted by atomic mass is 16.4. The molecule has 0 atom stereocenters. The summed E-state index contributed by atoms with van der Waals surface area (Å²) >= 11 is 0. The molecular formula is C13H25N3O3. The van der Waals surface area contributed by atoms with Gasteiger partial charge in [0.25, 0.3) is 0 Å². The lowest BCUT2D eigenvalue weighted by molar-refractivity contribution is -0.148. The molecule has 19 heavy (non-hydrogen) atoms. The molecule has 0 spiro atoms. The van der Waals surface area contributed by atoms with Crippen molar-refractivity contribution in [2.45, 2.75) is 45.1 Å². The summed E-state index contributed by atoms with van der Waals surface area (Å²) in [7, 11) is 0. The van der Waals surface area contributed by atoms with Gasteiger partial charge in [-0.15, -0.1) is 0 Å². The molecule has 0 aromatic rings. The van der Waals surface area contributed by atoms with E-state index >= 15 is 0 Å². The predicted molar refractivity (Wildman–Crippen MR) is 73.2 cm³/mol. The number of rotatable bonds is 8.